The van der Waals surface area contributed by atoms with Crippen LogP contribution in [0, 0.1) is 5.82 Å². The highest BCUT2D eigenvalue weighted by molar-refractivity contribution is 9.11. The Hall–Kier alpha value is -2.13. The van der Waals surface area contributed by atoms with Crippen LogP contribution in [0.25, 0.3) is 0 Å². The van der Waals surface area contributed by atoms with Gasteiger partial charge in [0.15, 0.2) is 0 Å². The van der Waals surface area contributed by atoms with Crippen molar-refractivity contribution in [3.8, 4) is 5.75 Å². The van der Waals surface area contributed by atoms with Gasteiger partial charge in [0.05, 0.1) is 8.95 Å². The summed E-state index contributed by atoms with van der Waals surface area (Å²) in [5.74, 6) is -1.56. The van der Waals surface area contributed by atoms with Gasteiger partial charge in [0.25, 0.3) is 5.91 Å². The van der Waals surface area contributed by atoms with Crippen LogP contribution in [-0.2, 0) is 11.4 Å². The molecular weight excluding hydrogens is 499 g/mol. The van der Waals surface area contributed by atoms with Gasteiger partial charge in [-0.1, -0.05) is 6.92 Å². The van der Waals surface area contributed by atoms with Crippen LogP contribution >= 0.6 is 31.9 Å². The van der Waals surface area contributed by atoms with E-state index in [2.05, 4.69) is 42.5 Å². The molecule has 1 amide bonds. The third-order valence-corrected chi connectivity index (χ3v) is 4.76. The Kier molecular flexibility index (Phi) is 8.25. The number of carboxylic acids is 1. The molecule has 3 N–H and O–H groups in total. The first-order chi connectivity index (χ1) is 13.3. The number of carboxylic acid groups (broad SMARTS) is 1. The zero-order valence-corrected chi connectivity index (χ0v) is 18.2. The molecule has 0 aliphatic rings. The Bertz CT molecular complexity index is 854. The summed E-state index contributed by atoms with van der Waals surface area (Å²) in [6.45, 7) is 2.42. The lowest BCUT2D eigenvalue weighted by Crippen LogP contribution is -2.29. The molecule has 6 nitrogen and oxygen atoms in total. The van der Waals surface area contributed by atoms with Crippen LogP contribution in [0.2, 0.25) is 0 Å². The van der Waals surface area contributed by atoms with Crippen LogP contribution in [-0.4, -0.2) is 30.1 Å². The molecule has 0 atom stereocenters. The Morgan fingerprint density at radius 1 is 1.14 bits per heavy atom. The van der Waals surface area contributed by atoms with Crippen molar-refractivity contribution in [2.45, 2.75) is 20.0 Å². The number of rotatable bonds is 9. The number of hydrogen-bond acceptors (Lipinski definition) is 4. The van der Waals surface area contributed by atoms with Crippen molar-refractivity contribution in [3.63, 3.8) is 0 Å². The van der Waals surface area contributed by atoms with Gasteiger partial charge in [0.2, 0.25) is 0 Å². The molecule has 0 saturated heterocycles. The monoisotopic (exact) mass is 516 g/mol. The van der Waals surface area contributed by atoms with E-state index in [0.29, 0.717) is 25.9 Å². The fourth-order valence-electron chi connectivity index (χ4n) is 2.35. The lowest BCUT2D eigenvalue weighted by Gasteiger charge is -2.13. The molecule has 0 fully saturated rings. The smallest absolute Gasteiger partial charge is 0.322 e. The second-order valence-electron chi connectivity index (χ2n) is 5.91. The molecule has 0 spiro atoms. The summed E-state index contributed by atoms with van der Waals surface area (Å²) >= 11 is 6.69. The van der Waals surface area contributed by atoms with Crippen molar-refractivity contribution in [1.29, 1.82) is 0 Å². The summed E-state index contributed by atoms with van der Waals surface area (Å²) in [5, 5.41) is 14.1. The quantitative estimate of drug-likeness (QED) is 0.453. The fraction of sp³-hybridized carbons (Fsp3) is 0.263. The van der Waals surface area contributed by atoms with E-state index in [4.69, 9.17) is 9.84 Å². The van der Waals surface area contributed by atoms with Gasteiger partial charge in [0.1, 0.15) is 24.7 Å². The number of carbonyl (C=O) groups excluding carboxylic acids is 1. The van der Waals surface area contributed by atoms with Crippen molar-refractivity contribution < 1.29 is 23.8 Å². The summed E-state index contributed by atoms with van der Waals surface area (Å²) in [4.78, 5) is 22.6. The van der Waals surface area contributed by atoms with Gasteiger partial charge in [-0.3, -0.25) is 9.59 Å². The summed E-state index contributed by atoms with van der Waals surface area (Å²) in [7, 11) is 0. The average molecular weight is 518 g/mol. The number of benzene rings is 2. The highest BCUT2D eigenvalue weighted by Crippen LogP contribution is 2.35. The first kappa shape index (κ1) is 22.2. The third-order valence-electron chi connectivity index (χ3n) is 3.58. The maximum Gasteiger partial charge on any atom is 0.322 e. The van der Waals surface area contributed by atoms with Crippen molar-refractivity contribution >= 4 is 49.4 Å². The molecule has 0 aromatic heterocycles. The van der Waals surface area contributed by atoms with Crippen LogP contribution in [0.4, 0.5) is 10.1 Å². The van der Waals surface area contributed by atoms with Gasteiger partial charge >= 0.3 is 5.97 Å². The summed E-state index contributed by atoms with van der Waals surface area (Å²) in [5.41, 5.74) is 1.61. The molecular formula is C19H19Br2FN2O4. The van der Waals surface area contributed by atoms with Crippen molar-refractivity contribution in [3.05, 3.63) is 56.2 Å². The van der Waals surface area contributed by atoms with Gasteiger partial charge in [-0.2, -0.15) is 0 Å². The zero-order chi connectivity index (χ0) is 20.7. The van der Waals surface area contributed by atoms with Gasteiger partial charge in [-0.05, 0) is 74.2 Å². The number of ether oxygens (including phenoxy) is 1. The molecule has 0 aliphatic heterocycles. The lowest BCUT2D eigenvalue weighted by atomic mass is 10.2. The predicted molar refractivity (Wildman–Crippen MR) is 111 cm³/mol. The summed E-state index contributed by atoms with van der Waals surface area (Å²) in [6, 6.07) is 7.69. The van der Waals surface area contributed by atoms with E-state index >= 15 is 0 Å². The Balaban J connectivity index is 2.11. The molecule has 2 aromatic rings. The normalized spacial score (nSPS) is 10.4. The van der Waals surface area contributed by atoms with Crippen LogP contribution < -0.4 is 15.4 Å². The number of anilines is 1. The van der Waals surface area contributed by atoms with Gasteiger partial charge in [-0.25, -0.2) is 4.39 Å². The van der Waals surface area contributed by atoms with Gasteiger partial charge in [0, 0.05) is 17.8 Å². The van der Waals surface area contributed by atoms with Crippen LogP contribution in [0.1, 0.15) is 29.3 Å². The molecule has 9 heteroatoms. The number of carbonyl (C=O) groups is 2. The van der Waals surface area contributed by atoms with E-state index in [-0.39, 0.29) is 18.0 Å². The Morgan fingerprint density at radius 3 is 2.43 bits per heavy atom. The van der Waals surface area contributed by atoms with Gasteiger partial charge < -0.3 is 20.5 Å². The fourth-order valence-corrected chi connectivity index (χ4v) is 3.76. The van der Waals surface area contributed by atoms with Crippen LogP contribution in [0.5, 0.6) is 5.75 Å². The minimum Gasteiger partial charge on any atom is -0.487 e. The van der Waals surface area contributed by atoms with E-state index in [9.17, 15) is 14.0 Å². The van der Waals surface area contributed by atoms with Crippen molar-refractivity contribution in [2.24, 2.45) is 0 Å². The predicted octanol–water partition coefficient (Wildman–Crippen LogP) is 4.57. The number of aliphatic carboxylic acids is 1. The topological polar surface area (TPSA) is 87.7 Å². The minimum atomic E-state index is -1.13. The van der Waals surface area contributed by atoms with Gasteiger partial charge in [-0.15, -0.1) is 0 Å². The first-order valence-corrected chi connectivity index (χ1v) is 10.0. The molecule has 0 radical (unpaired) electrons. The van der Waals surface area contributed by atoms with Crippen LogP contribution in [0.15, 0.2) is 39.3 Å². The van der Waals surface area contributed by atoms with E-state index in [1.807, 2.05) is 13.0 Å². The van der Waals surface area contributed by atoms with Crippen molar-refractivity contribution in [1.82, 2.24) is 5.32 Å². The number of halogens is 3. The summed E-state index contributed by atoms with van der Waals surface area (Å²) in [6.07, 6.45) is 0.925. The molecule has 150 valence electrons. The highest BCUT2D eigenvalue weighted by atomic mass is 79.9. The molecule has 2 rings (SSSR count). The standard InChI is InChI=1S/C19H19Br2FN2O4/c1-2-3-23-14-5-11(4-13(22)8-14)10-28-18-15(20)6-12(7-16(18)21)19(27)24-9-17(25)26/h4-8,23H,2-3,9-10H2,1H3,(H,24,27)(H,25,26). The first-order valence-electron chi connectivity index (χ1n) is 8.45. The SMILES string of the molecule is CCCNc1cc(F)cc(COc2c(Br)cc(C(=O)NCC(=O)O)cc2Br)c1. The van der Waals surface area contributed by atoms with E-state index in [0.717, 1.165) is 13.0 Å². The Morgan fingerprint density at radius 2 is 1.82 bits per heavy atom. The molecule has 0 aliphatic carbocycles. The largest absolute Gasteiger partial charge is 0.487 e. The third kappa shape index (κ3) is 6.49. The second-order valence-corrected chi connectivity index (χ2v) is 7.62. The van der Waals surface area contributed by atoms with E-state index in [1.54, 1.807) is 0 Å². The van der Waals surface area contributed by atoms with E-state index in [1.165, 1.54) is 24.3 Å². The van der Waals surface area contributed by atoms with E-state index < -0.39 is 18.4 Å². The number of hydrogen-bond donors (Lipinski definition) is 3. The average Bonchev–Trinajstić information content (AvgIpc) is 2.63. The van der Waals surface area contributed by atoms with Crippen LogP contribution in [0.3, 0.4) is 0 Å². The molecule has 28 heavy (non-hydrogen) atoms. The number of amides is 1. The molecule has 0 bridgehead atoms. The number of nitrogens with one attached hydrogen (secondary N) is 2. The zero-order valence-electron chi connectivity index (χ0n) is 15.0. The lowest BCUT2D eigenvalue weighted by molar-refractivity contribution is -0.135. The minimum absolute atomic E-state index is 0.125. The maximum absolute atomic E-state index is 13.8. The second kappa shape index (κ2) is 10.4. The molecule has 0 heterocycles. The molecule has 0 unspecified atom stereocenters. The van der Waals surface area contributed by atoms with Crippen molar-refractivity contribution in [2.75, 3.05) is 18.4 Å². The molecule has 0 saturated carbocycles. The highest BCUT2D eigenvalue weighted by Gasteiger charge is 2.15. The molecule has 2 aromatic carbocycles. The summed E-state index contributed by atoms with van der Waals surface area (Å²) < 4.78 is 20.6. The Labute approximate surface area is 178 Å². The maximum atomic E-state index is 13.8.